The van der Waals surface area contributed by atoms with E-state index in [0.29, 0.717) is 24.0 Å². The summed E-state index contributed by atoms with van der Waals surface area (Å²) in [5.74, 6) is -1.56. The standard InChI is InChI=1S/C13H14F2O2/c1-8-5-9(6-11(15)10(8)7-14)13(12(16)17)3-2-4-13/h5-6H,2-4,7H2,1H3,(H,16,17). The summed E-state index contributed by atoms with van der Waals surface area (Å²) >= 11 is 0. The van der Waals surface area contributed by atoms with Crippen molar-refractivity contribution in [2.45, 2.75) is 38.3 Å². The predicted molar refractivity (Wildman–Crippen MR) is 59.1 cm³/mol. The number of carboxylic acids is 1. The van der Waals surface area contributed by atoms with Crippen molar-refractivity contribution in [2.24, 2.45) is 0 Å². The molecule has 0 bridgehead atoms. The molecule has 1 N–H and O–H groups in total. The Morgan fingerprint density at radius 2 is 2.12 bits per heavy atom. The summed E-state index contributed by atoms with van der Waals surface area (Å²) in [4.78, 5) is 11.3. The third-order valence-electron chi connectivity index (χ3n) is 3.72. The minimum Gasteiger partial charge on any atom is -0.481 e. The van der Waals surface area contributed by atoms with Crippen LogP contribution < -0.4 is 0 Å². The molecule has 2 nitrogen and oxygen atoms in total. The zero-order valence-electron chi connectivity index (χ0n) is 9.59. The van der Waals surface area contributed by atoms with Gasteiger partial charge in [-0.2, -0.15) is 0 Å². The molecule has 1 aromatic carbocycles. The molecule has 0 spiro atoms. The number of benzene rings is 1. The highest BCUT2D eigenvalue weighted by molar-refractivity contribution is 5.82. The molecule has 1 aliphatic rings. The lowest BCUT2D eigenvalue weighted by molar-refractivity contribution is -0.147. The van der Waals surface area contributed by atoms with Gasteiger partial charge in [0.05, 0.1) is 5.41 Å². The maximum Gasteiger partial charge on any atom is 0.314 e. The Hall–Kier alpha value is -1.45. The summed E-state index contributed by atoms with van der Waals surface area (Å²) in [7, 11) is 0. The van der Waals surface area contributed by atoms with Gasteiger partial charge < -0.3 is 5.11 Å². The largest absolute Gasteiger partial charge is 0.481 e. The van der Waals surface area contributed by atoms with Gasteiger partial charge >= 0.3 is 5.97 Å². The molecule has 0 heterocycles. The molecule has 2 rings (SSSR count). The van der Waals surface area contributed by atoms with Crippen LogP contribution >= 0.6 is 0 Å². The van der Waals surface area contributed by atoms with E-state index in [4.69, 9.17) is 0 Å². The van der Waals surface area contributed by atoms with E-state index in [1.807, 2.05) is 0 Å². The SMILES string of the molecule is Cc1cc(C2(C(=O)O)CCC2)cc(F)c1CF. The molecule has 0 amide bonds. The summed E-state index contributed by atoms with van der Waals surface area (Å²) in [6.45, 7) is 0.744. The lowest BCUT2D eigenvalue weighted by atomic mass is 9.64. The van der Waals surface area contributed by atoms with E-state index in [1.165, 1.54) is 6.07 Å². The van der Waals surface area contributed by atoms with Crippen LogP contribution in [0.3, 0.4) is 0 Å². The number of alkyl halides is 1. The van der Waals surface area contributed by atoms with Crippen molar-refractivity contribution in [1.29, 1.82) is 0 Å². The molecule has 0 unspecified atom stereocenters. The first-order valence-electron chi connectivity index (χ1n) is 5.60. The first-order valence-corrected chi connectivity index (χ1v) is 5.60. The number of aryl methyl sites for hydroxylation is 1. The third kappa shape index (κ3) is 1.72. The minimum atomic E-state index is -0.958. The lowest BCUT2D eigenvalue weighted by Gasteiger charge is -2.38. The maximum atomic E-state index is 13.6. The van der Waals surface area contributed by atoms with Gasteiger partial charge in [0.2, 0.25) is 0 Å². The first kappa shape index (κ1) is 12.0. The molecule has 0 atom stereocenters. The van der Waals surface area contributed by atoms with Crippen LogP contribution in [0.15, 0.2) is 12.1 Å². The van der Waals surface area contributed by atoms with Gasteiger partial charge in [-0.05, 0) is 37.0 Å². The highest BCUT2D eigenvalue weighted by Crippen LogP contribution is 2.44. The number of aliphatic carboxylic acids is 1. The number of carbonyl (C=O) groups is 1. The fraction of sp³-hybridized carbons (Fsp3) is 0.462. The predicted octanol–water partition coefficient (Wildman–Crippen LogP) is 3.11. The molecule has 4 heteroatoms. The quantitative estimate of drug-likeness (QED) is 0.881. The van der Waals surface area contributed by atoms with Gasteiger partial charge in [0.15, 0.2) is 0 Å². The summed E-state index contributed by atoms with van der Waals surface area (Å²) in [5.41, 5.74) is 0.00700. The van der Waals surface area contributed by atoms with Crippen LogP contribution in [0.1, 0.15) is 36.0 Å². The Labute approximate surface area is 98.3 Å². The van der Waals surface area contributed by atoms with Crippen LogP contribution in [0.5, 0.6) is 0 Å². The zero-order chi connectivity index (χ0) is 12.6. The van der Waals surface area contributed by atoms with Crippen LogP contribution in [0.25, 0.3) is 0 Å². The van der Waals surface area contributed by atoms with E-state index in [2.05, 4.69) is 0 Å². The Balaban J connectivity index is 2.50. The second-order valence-corrected chi connectivity index (χ2v) is 4.63. The van der Waals surface area contributed by atoms with Crippen molar-refractivity contribution in [3.05, 3.63) is 34.6 Å². The second kappa shape index (κ2) is 4.09. The molecule has 1 aromatic rings. The Morgan fingerprint density at radius 3 is 2.47 bits per heavy atom. The van der Waals surface area contributed by atoms with Crippen LogP contribution in [0.4, 0.5) is 8.78 Å². The molecule has 17 heavy (non-hydrogen) atoms. The lowest BCUT2D eigenvalue weighted by Crippen LogP contribution is -2.42. The third-order valence-corrected chi connectivity index (χ3v) is 3.72. The Bertz CT molecular complexity index is 441. The van der Waals surface area contributed by atoms with Crippen molar-refractivity contribution >= 4 is 5.97 Å². The molecular formula is C13H14F2O2. The van der Waals surface area contributed by atoms with E-state index in [0.717, 1.165) is 6.42 Å². The monoisotopic (exact) mass is 240 g/mol. The van der Waals surface area contributed by atoms with E-state index < -0.39 is 23.9 Å². The van der Waals surface area contributed by atoms with Crippen molar-refractivity contribution < 1.29 is 18.7 Å². The van der Waals surface area contributed by atoms with E-state index in [9.17, 15) is 18.7 Å². The van der Waals surface area contributed by atoms with Crippen LogP contribution in [-0.4, -0.2) is 11.1 Å². The van der Waals surface area contributed by atoms with Crippen molar-refractivity contribution in [3.63, 3.8) is 0 Å². The molecule has 92 valence electrons. The van der Waals surface area contributed by atoms with Gasteiger partial charge in [-0.3, -0.25) is 4.79 Å². The molecule has 0 aliphatic heterocycles. The minimum absolute atomic E-state index is 0.0219. The van der Waals surface area contributed by atoms with Crippen LogP contribution in [-0.2, 0) is 16.9 Å². The molecule has 1 fully saturated rings. The fourth-order valence-corrected chi connectivity index (χ4v) is 2.38. The van der Waals surface area contributed by atoms with Gasteiger partial charge in [-0.1, -0.05) is 12.5 Å². The fourth-order valence-electron chi connectivity index (χ4n) is 2.38. The Kier molecular flexibility index (Phi) is 2.89. The molecule has 0 aromatic heterocycles. The average Bonchev–Trinajstić information content (AvgIpc) is 2.14. The number of hydrogen-bond acceptors (Lipinski definition) is 1. The summed E-state index contributed by atoms with van der Waals surface area (Å²) < 4.78 is 26.2. The molecular weight excluding hydrogens is 226 g/mol. The van der Waals surface area contributed by atoms with Crippen LogP contribution in [0.2, 0.25) is 0 Å². The summed E-state index contributed by atoms with van der Waals surface area (Å²) in [6.07, 6.45) is 1.88. The van der Waals surface area contributed by atoms with Crippen molar-refractivity contribution in [1.82, 2.24) is 0 Å². The topological polar surface area (TPSA) is 37.3 Å². The van der Waals surface area contributed by atoms with E-state index >= 15 is 0 Å². The molecule has 0 saturated heterocycles. The normalized spacial score (nSPS) is 17.6. The van der Waals surface area contributed by atoms with E-state index in [1.54, 1.807) is 13.0 Å². The van der Waals surface area contributed by atoms with Gasteiger partial charge in [-0.15, -0.1) is 0 Å². The van der Waals surface area contributed by atoms with Gasteiger partial charge in [-0.25, -0.2) is 8.78 Å². The maximum absolute atomic E-state index is 13.6. The highest BCUT2D eigenvalue weighted by Gasteiger charge is 2.46. The Morgan fingerprint density at radius 1 is 1.47 bits per heavy atom. The molecule has 0 radical (unpaired) electrons. The summed E-state index contributed by atoms with van der Waals surface area (Å²) in [5, 5.41) is 9.25. The van der Waals surface area contributed by atoms with Crippen molar-refractivity contribution in [3.8, 4) is 0 Å². The van der Waals surface area contributed by atoms with Crippen LogP contribution in [0, 0.1) is 12.7 Å². The summed E-state index contributed by atoms with van der Waals surface area (Å²) in [6, 6.07) is 2.78. The first-order chi connectivity index (χ1) is 8.01. The zero-order valence-corrected chi connectivity index (χ0v) is 9.59. The second-order valence-electron chi connectivity index (χ2n) is 4.63. The smallest absolute Gasteiger partial charge is 0.314 e. The molecule has 1 saturated carbocycles. The van der Waals surface area contributed by atoms with Gasteiger partial charge in [0.1, 0.15) is 12.5 Å². The van der Waals surface area contributed by atoms with Crippen molar-refractivity contribution in [2.75, 3.05) is 0 Å². The van der Waals surface area contributed by atoms with E-state index in [-0.39, 0.29) is 5.56 Å². The molecule has 1 aliphatic carbocycles. The average molecular weight is 240 g/mol. The number of rotatable bonds is 3. The van der Waals surface area contributed by atoms with Gasteiger partial charge in [0, 0.05) is 5.56 Å². The van der Waals surface area contributed by atoms with Gasteiger partial charge in [0.25, 0.3) is 0 Å². The number of carboxylic acid groups (broad SMARTS) is 1. The highest BCUT2D eigenvalue weighted by atomic mass is 19.1. The number of hydrogen-bond donors (Lipinski definition) is 1. The number of halogens is 2.